The van der Waals surface area contributed by atoms with Crippen molar-refractivity contribution in [3.8, 4) is 0 Å². The van der Waals surface area contributed by atoms with Gasteiger partial charge in [-0.05, 0) is 29.7 Å². The van der Waals surface area contributed by atoms with E-state index in [9.17, 15) is 4.79 Å². The highest BCUT2D eigenvalue weighted by Crippen LogP contribution is 2.22. The lowest BCUT2D eigenvalue weighted by Crippen LogP contribution is -2.10. The van der Waals surface area contributed by atoms with Gasteiger partial charge >= 0.3 is 0 Å². The number of carbonyl (C=O) groups is 1. The van der Waals surface area contributed by atoms with Crippen molar-refractivity contribution in [3.63, 3.8) is 0 Å². The number of carbonyl (C=O) groups excluding carboxylic acids is 1. The third-order valence-corrected chi connectivity index (χ3v) is 3.36. The predicted molar refractivity (Wildman–Crippen MR) is 70.8 cm³/mol. The first-order chi connectivity index (χ1) is 8.72. The topological polar surface area (TPSA) is 59.8 Å². The van der Waals surface area contributed by atoms with Gasteiger partial charge < -0.3 is 5.32 Å². The minimum atomic E-state index is -0.161. The summed E-state index contributed by atoms with van der Waals surface area (Å²) in [6.45, 7) is 0. The van der Waals surface area contributed by atoms with E-state index in [0.717, 1.165) is 15.8 Å². The zero-order valence-electron chi connectivity index (χ0n) is 9.62. The Bertz CT molecular complexity index is 716. The lowest BCUT2D eigenvalue weighted by Gasteiger charge is -2.03. The zero-order chi connectivity index (χ0) is 12.5. The molecule has 3 rings (SSSR count). The first-order valence-corrected chi connectivity index (χ1v) is 6.14. The van der Waals surface area contributed by atoms with E-state index >= 15 is 0 Å². The smallest absolute Gasteiger partial charge is 0.258 e. The van der Waals surface area contributed by atoms with Crippen LogP contribution in [0, 0.1) is 0 Å². The van der Waals surface area contributed by atoms with Crippen molar-refractivity contribution in [1.29, 1.82) is 0 Å². The first-order valence-electron chi connectivity index (χ1n) is 5.37. The maximum absolute atomic E-state index is 11.9. The molecule has 2 heterocycles. The van der Waals surface area contributed by atoms with Gasteiger partial charge in [-0.2, -0.15) is 9.47 Å². The Morgan fingerprint density at radius 1 is 1.39 bits per heavy atom. The highest BCUT2D eigenvalue weighted by molar-refractivity contribution is 7.13. The second kappa shape index (κ2) is 4.23. The number of fused-ring (bicyclic) bond motifs is 1. The van der Waals surface area contributed by atoms with Crippen LogP contribution in [-0.4, -0.2) is 20.1 Å². The van der Waals surface area contributed by atoms with Crippen molar-refractivity contribution in [2.24, 2.45) is 7.05 Å². The fourth-order valence-corrected chi connectivity index (χ4v) is 2.32. The van der Waals surface area contributed by atoms with Crippen molar-refractivity contribution in [3.05, 3.63) is 42.4 Å². The van der Waals surface area contributed by atoms with Gasteiger partial charge in [0.1, 0.15) is 0 Å². The fourth-order valence-electron chi connectivity index (χ4n) is 1.69. The van der Waals surface area contributed by atoms with Crippen molar-refractivity contribution >= 4 is 33.2 Å². The van der Waals surface area contributed by atoms with Gasteiger partial charge in [-0.15, -0.1) is 0 Å². The van der Waals surface area contributed by atoms with Crippen molar-refractivity contribution in [1.82, 2.24) is 14.2 Å². The highest BCUT2D eigenvalue weighted by Gasteiger charge is 2.08. The first kappa shape index (κ1) is 10.9. The molecule has 0 spiro atoms. The standard InChI is InChI=1S/C12H10N4OS/c1-16-7-9(5-13-16)12(17)15-10-2-3-11-8(4-10)6-14-18-11/h2-7H,1H3,(H,15,17). The molecule has 0 aliphatic carbocycles. The Morgan fingerprint density at radius 2 is 2.28 bits per heavy atom. The Morgan fingerprint density at radius 3 is 3.06 bits per heavy atom. The van der Waals surface area contributed by atoms with Crippen LogP contribution in [-0.2, 0) is 7.05 Å². The summed E-state index contributed by atoms with van der Waals surface area (Å²) in [4.78, 5) is 11.9. The maximum Gasteiger partial charge on any atom is 0.258 e. The van der Waals surface area contributed by atoms with E-state index in [1.807, 2.05) is 18.2 Å². The molecule has 90 valence electrons. The van der Waals surface area contributed by atoms with Gasteiger partial charge in [0, 0.05) is 30.5 Å². The summed E-state index contributed by atoms with van der Waals surface area (Å²) in [6.07, 6.45) is 5.01. The molecule has 0 aliphatic heterocycles. The molecular weight excluding hydrogens is 248 g/mol. The molecule has 1 N–H and O–H groups in total. The number of amides is 1. The Balaban J connectivity index is 1.85. The molecule has 0 saturated carbocycles. The molecule has 0 fully saturated rings. The van der Waals surface area contributed by atoms with E-state index in [1.165, 1.54) is 11.5 Å². The van der Waals surface area contributed by atoms with Crippen molar-refractivity contribution in [2.75, 3.05) is 5.32 Å². The molecule has 0 radical (unpaired) electrons. The molecule has 1 amide bonds. The molecule has 5 nitrogen and oxygen atoms in total. The number of hydrogen-bond donors (Lipinski definition) is 1. The monoisotopic (exact) mass is 258 g/mol. The number of anilines is 1. The van der Waals surface area contributed by atoms with Crippen LogP contribution in [0.1, 0.15) is 10.4 Å². The van der Waals surface area contributed by atoms with E-state index in [-0.39, 0.29) is 5.91 Å². The van der Waals surface area contributed by atoms with Crippen LogP contribution in [0.25, 0.3) is 10.1 Å². The van der Waals surface area contributed by atoms with Crippen molar-refractivity contribution in [2.45, 2.75) is 0 Å². The summed E-state index contributed by atoms with van der Waals surface area (Å²) in [6, 6.07) is 5.73. The summed E-state index contributed by atoms with van der Waals surface area (Å²) in [7, 11) is 1.78. The Labute approximate surface area is 107 Å². The largest absolute Gasteiger partial charge is 0.322 e. The molecule has 3 aromatic rings. The van der Waals surface area contributed by atoms with E-state index < -0.39 is 0 Å². The van der Waals surface area contributed by atoms with Crippen LogP contribution in [0.5, 0.6) is 0 Å². The number of benzene rings is 1. The Hall–Kier alpha value is -2.21. The molecule has 2 aromatic heterocycles. The fraction of sp³-hybridized carbons (Fsp3) is 0.0833. The molecule has 0 bridgehead atoms. The summed E-state index contributed by atoms with van der Waals surface area (Å²) < 4.78 is 6.80. The summed E-state index contributed by atoms with van der Waals surface area (Å²) in [5.41, 5.74) is 1.30. The van der Waals surface area contributed by atoms with Crippen LogP contribution >= 0.6 is 11.5 Å². The predicted octanol–water partition coefficient (Wildman–Crippen LogP) is 2.28. The second-order valence-corrected chi connectivity index (χ2v) is 4.77. The quantitative estimate of drug-likeness (QED) is 0.767. The second-order valence-electron chi connectivity index (χ2n) is 3.94. The van der Waals surface area contributed by atoms with Gasteiger partial charge in [0.2, 0.25) is 0 Å². The van der Waals surface area contributed by atoms with Gasteiger partial charge in [-0.25, -0.2) is 0 Å². The minimum absolute atomic E-state index is 0.161. The van der Waals surface area contributed by atoms with E-state index in [1.54, 1.807) is 30.3 Å². The normalized spacial score (nSPS) is 10.7. The lowest BCUT2D eigenvalue weighted by atomic mass is 10.2. The average Bonchev–Trinajstić information content (AvgIpc) is 2.96. The lowest BCUT2D eigenvalue weighted by molar-refractivity contribution is 0.102. The van der Waals surface area contributed by atoms with E-state index in [0.29, 0.717) is 5.56 Å². The van der Waals surface area contributed by atoms with Gasteiger partial charge in [0.05, 0.1) is 16.5 Å². The van der Waals surface area contributed by atoms with Gasteiger partial charge in [0.25, 0.3) is 5.91 Å². The number of aromatic nitrogens is 3. The number of hydrogen-bond acceptors (Lipinski definition) is 4. The van der Waals surface area contributed by atoms with Crippen LogP contribution in [0.2, 0.25) is 0 Å². The van der Waals surface area contributed by atoms with Gasteiger partial charge in [0.15, 0.2) is 0 Å². The molecule has 6 heteroatoms. The van der Waals surface area contributed by atoms with Crippen molar-refractivity contribution < 1.29 is 4.79 Å². The SMILES string of the molecule is Cn1cc(C(=O)Nc2ccc3sncc3c2)cn1. The molecular formula is C12H10N4OS. The van der Waals surface area contributed by atoms with Gasteiger partial charge in [-0.1, -0.05) is 0 Å². The number of nitrogens with one attached hydrogen (secondary N) is 1. The third-order valence-electron chi connectivity index (χ3n) is 2.58. The van der Waals surface area contributed by atoms with Crippen LogP contribution in [0.3, 0.4) is 0 Å². The minimum Gasteiger partial charge on any atom is -0.322 e. The van der Waals surface area contributed by atoms with Crippen LogP contribution in [0.4, 0.5) is 5.69 Å². The van der Waals surface area contributed by atoms with E-state index in [4.69, 9.17) is 0 Å². The van der Waals surface area contributed by atoms with Gasteiger partial charge in [-0.3, -0.25) is 9.48 Å². The molecule has 0 saturated heterocycles. The number of rotatable bonds is 2. The molecule has 1 aromatic carbocycles. The molecule has 0 aliphatic rings. The maximum atomic E-state index is 11.9. The summed E-state index contributed by atoms with van der Waals surface area (Å²) in [5, 5.41) is 7.84. The molecule has 0 unspecified atom stereocenters. The molecule has 0 atom stereocenters. The van der Waals surface area contributed by atoms with Crippen LogP contribution in [0.15, 0.2) is 36.8 Å². The third kappa shape index (κ3) is 1.98. The Kier molecular flexibility index (Phi) is 2.56. The van der Waals surface area contributed by atoms with Crippen LogP contribution < -0.4 is 5.32 Å². The summed E-state index contributed by atoms with van der Waals surface area (Å²) in [5.74, 6) is -0.161. The number of nitrogens with zero attached hydrogens (tertiary/aromatic N) is 3. The average molecular weight is 258 g/mol. The summed E-state index contributed by atoms with van der Waals surface area (Å²) >= 11 is 1.44. The number of aryl methyl sites for hydroxylation is 1. The zero-order valence-corrected chi connectivity index (χ0v) is 10.4. The van der Waals surface area contributed by atoms with E-state index in [2.05, 4.69) is 14.8 Å². The molecule has 18 heavy (non-hydrogen) atoms. The highest BCUT2D eigenvalue weighted by atomic mass is 32.1.